The average molecular weight is 248 g/mol. The molecule has 0 heterocycles. The lowest BCUT2D eigenvalue weighted by Crippen LogP contribution is -2.48. The molecule has 3 aliphatic carbocycles. The third-order valence-corrected chi connectivity index (χ3v) is 4.49. The predicted molar refractivity (Wildman–Crippen MR) is 63.5 cm³/mol. The van der Waals surface area contributed by atoms with Crippen LogP contribution in [0.1, 0.15) is 19.8 Å². The Kier molecular flexibility index (Phi) is 2.22. The molecule has 0 amide bonds. The lowest BCUT2D eigenvalue weighted by molar-refractivity contribution is -0.143. The van der Waals surface area contributed by atoms with Crippen molar-refractivity contribution >= 4 is 11.6 Å². The second-order valence-electron chi connectivity index (χ2n) is 5.45. The molecule has 0 saturated heterocycles. The van der Waals surface area contributed by atoms with E-state index in [1.165, 1.54) is 19.8 Å². The van der Waals surface area contributed by atoms with Crippen LogP contribution in [0, 0.1) is 17.3 Å². The van der Waals surface area contributed by atoms with Gasteiger partial charge in [-0.2, -0.15) is 0 Å². The SMILES string of the molecule is COC1=C(OC)C(=O)[C@]2(C)CC=C3C[C@@H]3C2C1=O. The van der Waals surface area contributed by atoms with E-state index in [2.05, 4.69) is 6.08 Å². The highest BCUT2D eigenvalue weighted by atomic mass is 16.5. The topological polar surface area (TPSA) is 52.6 Å². The minimum Gasteiger partial charge on any atom is -0.490 e. The smallest absolute Gasteiger partial charge is 0.208 e. The van der Waals surface area contributed by atoms with Crippen LogP contribution in [-0.4, -0.2) is 25.8 Å². The lowest BCUT2D eigenvalue weighted by Gasteiger charge is -2.40. The molecule has 96 valence electrons. The molecule has 0 aromatic rings. The number of ether oxygens (including phenoxy) is 2. The van der Waals surface area contributed by atoms with E-state index >= 15 is 0 Å². The Hall–Kier alpha value is -1.58. The minimum atomic E-state index is -0.658. The van der Waals surface area contributed by atoms with E-state index in [4.69, 9.17) is 9.47 Å². The highest BCUT2D eigenvalue weighted by molar-refractivity contribution is 6.14. The van der Waals surface area contributed by atoms with Crippen molar-refractivity contribution in [1.82, 2.24) is 0 Å². The van der Waals surface area contributed by atoms with Crippen molar-refractivity contribution in [3.05, 3.63) is 23.2 Å². The standard InChI is InChI=1S/C14H16O4/c1-14-5-4-7-6-8(7)9(14)10(15)11(17-2)12(18-3)13(14)16/h4,8-9H,5-6H2,1-3H3/t8-,9?,14+/m0/s1. The molecule has 1 unspecified atom stereocenters. The molecule has 4 heteroatoms. The first-order valence-electron chi connectivity index (χ1n) is 6.14. The van der Waals surface area contributed by atoms with E-state index in [1.807, 2.05) is 6.92 Å². The zero-order valence-corrected chi connectivity index (χ0v) is 10.8. The molecular weight excluding hydrogens is 232 g/mol. The first kappa shape index (κ1) is 11.5. The van der Waals surface area contributed by atoms with Gasteiger partial charge in [-0.25, -0.2) is 0 Å². The number of fused-ring (bicyclic) bond motifs is 3. The van der Waals surface area contributed by atoms with Crippen LogP contribution in [0.25, 0.3) is 0 Å². The third-order valence-electron chi connectivity index (χ3n) is 4.49. The van der Waals surface area contributed by atoms with Gasteiger partial charge in [0.05, 0.1) is 14.2 Å². The van der Waals surface area contributed by atoms with Gasteiger partial charge in [-0.1, -0.05) is 18.6 Å². The zero-order valence-electron chi connectivity index (χ0n) is 10.8. The van der Waals surface area contributed by atoms with Gasteiger partial charge in [0.25, 0.3) is 0 Å². The number of Topliss-reactive ketones (excluding diaryl/α,β-unsaturated/α-hetero) is 2. The number of carbonyl (C=O) groups is 2. The highest BCUT2D eigenvalue weighted by Crippen LogP contribution is 2.59. The fourth-order valence-corrected chi connectivity index (χ4v) is 3.38. The molecule has 3 aliphatic rings. The summed E-state index contributed by atoms with van der Waals surface area (Å²) in [6.45, 7) is 1.87. The van der Waals surface area contributed by atoms with Gasteiger partial charge in [0.2, 0.25) is 23.1 Å². The van der Waals surface area contributed by atoms with E-state index in [-0.39, 0.29) is 34.9 Å². The Morgan fingerprint density at radius 2 is 1.89 bits per heavy atom. The van der Waals surface area contributed by atoms with Crippen LogP contribution in [0.3, 0.4) is 0 Å². The number of carbonyl (C=O) groups excluding carboxylic acids is 2. The van der Waals surface area contributed by atoms with Gasteiger partial charge in [0.1, 0.15) is 0 Å². The van der Waals surface area contributed by atoms with Gasteiger partial charge < -0.3 is 9.47 Å². The second kappa shape index (κ2) is 3.46. The van der Waals surface area contributed by atoms with Crippen molar-refractivity contribution in [2.45, 2.75) is 19.8 Å². The Labute approximate surface area is 106 Å². The van der Waals surface area contributed by atoms with Crippen LogP contribution in [0.2, 0.25) is 0 Å². The molecule has 0 aromatic carbocycles. The van der Waals surface area contributed by atoms with Gasteiger partial charge in [0.15, 0.2) is 0 Å². The number of ketones is 2. The Bertz CT molecular complexity index is 514. The quantitative estimate of drug-likeness (QED) is 0.697. The summed E-state index contributed by atoms with van der Waals surface area (Å²) in [4.78, 5) is 25.1. The number of rotatable bonds is 2. The molecule has 3 atom stereocenters. The molecule has 4 nitrogen and oxygen atoms in total. The molecule has 0 bridgehead atoms. The van der Waals surface area contributed by atoms with Crippen molar-refractivity contribution in [3.63, 3.8) is 0 Å². The fraction of sp³-hybridized carbons (Fsp3) is 0.571. The highest BCUT2D eigenvalue weighted by Gasteiger charge is 2.61. The third kappa shape index (κ3) is 1.21. The van der Waals surface area contributed by atoms with Crippen LogP contribution in [0.4, 0.5) is 0 Å². The normalized spacial score (nSPS) is 37.8. The monoisotopic (exact) mass is 248 g/mol. The summed E-state index contributed by atoms with van der Waals surface area (Å²) in [5.74, 6) is -0.0299. The summed E-state index contributed by atoms with van der Waals surface area (Å²) >= 11 is 0. The molecule has 0 spiro atoms. The van der Waals surface area contributed by atoms with E-state index in [0.717, 1.165) is 6.42 Å². The van der Waals surface area contributed by atoms with Crippen LogP contribution >= 0.6 is 0 Å². The number of hydrogen-bond acceptors (Lipinski definition) is 4. The fourth-order valence-electron chi connectivity index (χ4n) is 3.38. The maximum Gasteiger partial charge on any atom is 0.208 e. The second-order valence-corrected chi connectivity index (χ2v) is 5.45. The van der Waals surface area contributed by atoms with Gasteiger partial charge in [-0.05, 0) is 18.8 Å². The number of methoxy groups -OCH3 is 2. The summed E-state index contributed by atoms with van der Waals surface area (Å²) < 4.78 is 10.2. The maximum absolute atomic E-state index is 12.5. The molecule has 1 fully saturated rings. The Morgan fingerprint density at radius 3 is 2.50 bits per heavy atom. The van der Waals surface area contributed by atoms with E-state index in [9.17, 15) is 9.59 Å². The largest absolute Gasteiger partial charge is 0.490 e. The van der Waals surface area contributed by atoms with Crippen LogP contribution < -0.4 is 0 Å². The van der Waals surface area contributed by atoms with E-state index in [0.29, 0.717) is 6.42 Å². The van der Waals surface area contributed by atoms with E-state index in [1.54, 1.807) is 0 Å². The summed E-state index contributed by atoms with van der Waals surface area (Å²) in [6, 6.07) is 0. The summed E-state index contributed by atoms with van der Waals surface area (Å²) in [5.41, 5.74) is 0.657. The molecule has 1 saturated carbocycles. The maximum atomic E-state index is 12.5. The summed E-state index contributed by atoms with van der Waals surface area (Å²) in [7, 11) is 2.82. The molecule has 0 aliphatic heterocycles. The summed E-state index contributed by atoms with van der Waals surface area (Å²) in [6.07, 6.45) is 3.67. The van der Waals surface area contributed by atoms with Crippen molar-refractivity contribution in [2.24, 2.45) is 17.3 Å². The summed E-state index contributed by atoms with van der Waals surface area (Å²) in [5, 5.41) is 0. The average Bonchev–Trinajstić information content (AvgIpc) is 3.12. The Balaban J connectivity index is 2.14. The molecule has 3 rings (SSSR count). The predicted octanol–water partition coefficient (Wildman–Crippen LogP) is 1.62. The van der Waals surface area contributed by atoms with Crippen molar-refractivity contribution in [1.29, 1.82) is 0 Å². The first-order chi connectivity index (χ1) is 8.54. The zero-order chi connectivity index (χ0) is 13.1. The first-order valence-corrected chi connectivity index (χ1v) is 6.14. The van der Waals surface area contributed by atoms with Gasteiger partial charge >= 0.3 is 0 Å². The molecule has 0 aromatic heterocycles. The molecule has 0 radical (unpaired) electrons. The van der Waals surface area contributed by atoms with Crippen LogP contribution in [-0.2, 0) is 19.1 Å². The number of hydrogen-bond donors (Lipinski definition) is 0. The van der Waals surface area contributed by atoms with Crippen molar-refractivity contribution in [2.75, 3.05) is 14.2 Å². The van der Waals surface area contributed by atoms with Crippen molar-refractivity contribution < 1.29 is 19.1 Å². The Morgan fingerprint density at radius 1 is 1.22 bits per heavy atom. The molecule has 0 N–H and O–H groups in total. The van der Waals surface area contributed by atoms with Gasteiger partial charge in [0, 0.05) is 11.3 Å². The van der Waals surface area contributed by atoms with Crippen LogP contribution in [0.5, 0.6) is 0 Å². The van der Waals surface area contributed by atoms with E-state index < -0.39 is 5.41 Å². The molecular formula is C14H16O4. The number of allylic oxidation sites excluding steroid dienone is 4. The molecule has 18 heavy (non-hydrogen) atoms. The van der Waals surface area contributed by atoms with Crippen molar-refractivity contribution in [3.8, 4) is 0 Å². The van der Waals surface area contributed by atoms with Gasteiger partial charge in [-0.15, -0.1) is 0 Å². The minimum absolute atomic E-state index is 0.0791. The van der Waals surface area contributed by atoms with Gasteiger partial charge in [-0.3, -0.25) is 9.59 Å². The van der Waals surface area contributed by atoms with Crippen LogP contribution in [0.15, 0.2) is 23.2 Å². The lowest BCUT2D eigenvalue weighted by atomic mass is 9.62.